The largest absolute Gasteiger partial charge is 0.454 e. The van der Waals surface area contributed by atoms with Crippen LogP contribution in [-0.4, -0.2) is 6.79 Å². The predicted molar refractivity (Wildman–Crippen MR) is 76.4 cm³/mol. The maximum atomic E-state index is 5.98. The van der Waals surface area contributed by atoms with Gasteiger partial charge in [-0.2, -0.15) is 0 Å². The van der Waals surface area contributed by atoms with Gasteiger partial charge in [-0.25, -0.2) is 0 Å². The van der Waals surface area contributed by atoms with Gasteiger partial charge in [-0.05, 0) is 29.8 Å². The first kappa shape index (κ1) is 12.5. The Morgan fingerprint density at radius 2 is 1.79 bits per heavy atom. The molecule has 0 aliphatic carbocycles. The molecule has 1 N–H and O–H groups in total. The lowest BCUT2D eigenvalue weighted by atomic mass is 10.2. The van der Waals surface area contributed by atoms with E-state index in [-0.39, 0.29) is 6.79 Å². The van der Waals surface area contributed by atoms with Gasteiger partial charge in [0.2, 0.25) is 6.79 Å². The van der Waals surface area contributed by atoms with Crippen molar-refractivity contribution >= 4 is 28.9 Å². The molecule has 0 amide bonds. The molecule has 1 aliphatic rings. The minimum atomic E-state index is 0.283. The molecule has 2 aromatic rings. The third kappa shape index (κ3) is 2.72. The Hall–Kier alpha value is -1.58. The van der Waals surface area contributed by atoms with Crippen molar-refractivity contribution < 1.29 is 9.47 Å². The highest BCUT2D eigenvalue weighted by Crippen LogP contribution is 2.34. The van der Waals surface area contributed by atoms with E-state index in [1.54, 1.807) is 6.07 Å². The van der Waals surface area contributed by atoms with Gasteiger partial charge in [-0.15, -0.1) is 0 Å². The molecule has 1 heterocycles. The van der Waals surface area contributed by atoms with Crippen LogP contribution in [0.25, 0.3) is 0 Å². The number of hydrogen-bond acceptors (Lipinski definition) is 3. The second kappa shape index (κ2) is 5.19. The molecule has 3 nitrogen and oxygen atoms in total. The molecule has 3 rings (SSSR count). The monoisotopic (exact) mass is 295 g/mol. The number of nitrogens with one attached hydrogen (secondary N) is 1. The van der Waals surface area contributed by atoms with Crippen LogP contribution in [0, 0.1) is 0 Å². The summed E-state index contributed by atoms with van der Waals surface area (Å²) in [5, 5.41) is 4.43. The molecule has 1 aliphatic heterocycles. The van der Waals surface area contributed by atoms with E-state index in [0.29, 0.717) is 16.6 Å². The van der Waals surface area contributed by atoms with Crippen molar-refractivity contribution in [2.45, 2.75) is 6.54 Å². The highest BCUT2D eigenvalue weighted by Gasteiger charge is 2.12. The van der Waals surface area contributed by atoms with Gasteiger partial charge in [0.1, 0.15) is 0 Å². The molecule has 2 aromatic carbocycles. The summed E-state index contributed by atoms with van der Waals surface area (Å²) in [5.41, 5.74) is 2.03. The van der Waals surface area contributed by atoms with E-state index in [1.807, 2.05) is 30.3 Å². The van der Waals surface area contributed by atoms with Crippen molar-refractivity contribution in [1.29, 1.82) is 0 Å². The van der Waals surface area contributed by atoms with Gasteiger partial charge in [0.05, 0.1) is 10.0 Å². The zero-order chi connectivity index (χ0) is 13.2. The summed E-state index contributed by atoms with van der Waals surface area (Å²) in [6.07, 6.45) is 0. The second-order valence-electron chi connectivity index (χ2n) is 4.17. The van der Waals surface area contributed by atoms with Gasteiger partial charge in [0.25, 0.3) is 0 Å². The first-order valence-corrected chi connectivity index (χ1v) is 6.55. The number of fused-ring (bicyclic) bond motifs is 1. The van der Waals surface area contributed by atoms with Crippen LogP contribution < -0.4 is 14.8 Å². The van der Waals surface area contributed by atoms with Crippen LogP contribution in [-0.2, 0) is 6.54 Å². The van der Waals surface area contributed by atoms with Crippen LogP contribution >= 0.6 is 23.2 Å². The molecule has 0 aromatic heterocycles. The topological polar surface area (TPSA) is 30.5 Å². The van der Waals surface area contributed by atoms with Crippen molar-refractivity contribution in [3.05, 3.63) is 52.0 Å². The lowest BCUT2D eigenvalue weighted by Gasteiger charge is -2.08. The number of anilines is 1. The Labute approximate surface area is 121 Å². The van der Waals surface area contributed by atoms with Crippen LogP contribution in [0.4, 0.5) is 5.69 Å². The molecule has 0 fully saturated rings. The number of benzene rings is 2. The van der Waals surface area contributed by atoms with E-state index >= 15 is 0 Å². The maximum Gasteiger partial charge on any atom is 0.231 e. The van der Waals surface area contributed by atoms with E-state index < -0.39 is 0 Å². The molecule has 0 bridgehead atoms. The average Bonchev–Trinajstić information content (AvgIpc) is 2.87. The minimum Gasteiger partial charge on any atom is -0.454 e. The molecule has 0 radical (unpaired) electrons. The van der Waals surface area contributed by atoms with Crippen LogP contribution in [0.15, 0.2) is 36.4 Å². The second-order valence-corrected chi connectivity index (χ2v) is 4.98. The fourth-order valence-electron chi connectivity index (χ4n) is 1.86. The van der Waals surface area contributed by atoms with Gasteiger partial charge in [-0.1, -0.05) is 29.3 Å². The number of halogens is 2. The van der Waals surface area contributed by atoms with Gasteiger partial charge < -0.3 is 14.8 Å². The molecular formula is C14H11Cl2NO2. The van der Waals surface area contributed by atoms with Gasteiger partial charge >= 0.3 is 0 Å². The Kier molecular flexibility index (Phi) is 3.40. The molecule has 0 unspecified atom stereocenters. The molecule has 0 atom stereocenters. The van der Waals surface area contributed by atoms with Crippen LogP contribution in [0.2, 0.25) is 10.0 Å². The summed E-state index contributed by atoms with van der Waals surface area (Å²) < 4.78 is 10.6. The number of rotatable bonds is 3. The third-order valence-electron chi connectivity index (χ3n) is 2.85. The fourth-order valence-corrected chi connectivity index (χ4v) is 2.18. The lowest BCUT2D eigenvalue weighted by molar-refractivity contribution is 0.174. The fraction of sp³-hybridized carbons (Fsp3) is 0.143. The first-order valence-electron chi connectivity index (χ1n) is 5.80. The Morgan fingerprint density at radius 1 is 0.947 bits per heavy atom. The summed E-state index contributed by atoms with van der Waals surface area (Å²) in [7, 11) is 0. The van der Waals surface area contributed by atoms with Gasteiger partial charge in [0, 0.05) is 18.3 Å². The molecule has 0 spiro atoms. The summed E-state index contributed by atoms with van der Waals surface area (Å²) in [5.74, 6) is 1.54. The van der Waals surface area contributed by atoms with E-state index in [2.05, 4.69) is 5.32 Å². The van der Waals surface area contributed by atoms with Crippen molar-refractivity contribution in [2.75, 3.05) is 12.1 Å². The SMILES string of the molecule is Clc1ccc(CNc2ccc3c(c2)OCO3)cc1Cl. The minimum absolute atomic E-state index is 0.283. The first-order chi connectivity index (χ1) is 9.22. The average molecular weight is 296 g/mol. The van der Waals surface area contributed by atoms with Crippen molar-refractivity contribution in [3.8, 4) is 11.5 Å². The summed E-state index contributed by atoms with van der Waals surface area (Å²) >= 11 is 11.9. The zero-order valence-corrected chi connectivity index (χ0v) is 11.5. The van der Waals surface area contributed by atoms with Crippen molar-refractivity contribution in [3.63, 3.8) is 0 Å². The molecule has 98 valence electrons. The van der Waals surface area contributed by atoms with Gasteiger partial charge in [0.15, 0.2) is 11.5 Å². The number of ether oxygens (including phenoxy) is 2. The van der Waals surface area contributed by atoms with Crippen molar-refractivity contribution in [1.82, 2.24) is 0 Å². The van der Waals surface area contributed by atoms with Crippen molar-refractivity contribution in [2.24, 2.45) is 0 Å². The maximum absolute atomic E-state index is 5.98. The normalized spacial score (nSPS) is 12.5. The van der Waals surface area contributed by atoms with Gasteiger partial charge in [-0.3, -0.25) is 0 Å². The van der Waals surface area contributed by atoms with Crippen LogP contribution in [0.5, 0.6) is 11.5 Å². The molecule has 0 saturated carbocycles. The van der Waals surface area contributed by atoms with Crippen LogP contribution in [0.1, 0.15) is 5.56 Å². The molecule has 19 heavy (non-hydrogen) atoms. The number of hydrogen-bond donors (Lipinski definition) is 1. The van der Waals surface area contributed by atoms with E-state index in [4.69, 9.17) is 32.7 Å². The molecule has 0 saturated heterocycles. The van der Waals surface area contributed by atoms with E-state index in [9.17, 15) is 0 Å². The highest BCUT2D eigenvalue weighted by molar-refractivity contribution is 6.42. The summed E-state index contributed by atoms with van der Waals surface area (Å²) in [6, 6.07) is 11.3. The highest BCUT2D eigenvalue weighted by atomic mass is 35.5. The van der Waals surface area contributed by atoms with E-state index in [1.165, 1.54) is 0 Å². The third-order valence-corrected chi connectivity index (χ3v) is 3.59. The smallest absolute Gasteiger partial charge is 0.231 e. The summed E-state index contributed by atoms with van der Waals surface area (Å²) in [6.45, 7) is 0.947. The quantitative estimate of drug-likeness (QED) is 0.914. The molecule has 5 heteroatoms. The van der Waals surface area contributed by atoms with Crippen LogP contribution in [0.3, 0.4) is 0 Å². The predicted octanol–water partition coefficient (Wildman–Crippen LogP) is 4.33. The lowest BCUT2D eigenvalue weighted by Crippen LogP contribution is -1.99. The summed E-state index contributed by atoms with van der Waals surface area (Å²) in [4.78, 5) is 0. The Bertz CT molecular complexity index is 616. The Morgan fingerprint density at radius 3 is 2.63 bits per heavy atom. The Balaban J connectivity index is 1.70. The zero-order valence-electron chi connectivity index (χ0n) is 9.95. The molecular weight excluding hydrogens is 285 g/mol. The van der Waals surface area contributed by atoms with E-state index in [0.717, 1.165) is 22.7 Å². The standard InChI is InChI=1S/C14H11Cl2NO2/c15-11-3-1-9(5-12(11)16)7-17-10-2-4-13-14(6-10)19-8-18-13/h1-6,17H,7-8H2.